The Balaban J connectivity index is 1.55. The predicted octanol–water partition coefficient (Wildman–Crippen LogP) is 1.66. The largest absolute Gasteiger partial charge is 0.311 e. The fourth-order valence-corrected chi connectivity index (χ4v) is 3.97. The van der Waals surface area contributed by atoms with Crippen molar-refractivity contribution in [2.45, 2.75) is 24.9 Å². The van der Waals surface area contributed by atoms with Crippen LogP contribution in [0.15, 0.2) is 40.3 Å². The lowest BCUT2D eigenvalue weighted by Gasteiger charge is -2.16. The number of nitrogens with one attached hydrogen (secondary N) is 1. The molecule has 7 nitrogen and oxygen atoms in total. The summed E-state index contributed by atoms with van der Waals surface area (Å²) in [6.07, 6.45) is 1.57. The number of aromatic nitrogens is 4. The van der Waals surface area contributed by atoms with E-state index in [2.05, 4.69) is 21.2 Å². The van der Waals surface area contributed by atoms with Crippen LogP contribution in [0.4, 0.5) is 5.69 Å². The summed E-state index contributed by atoms with van der Waals surface area (Å²) >= 11 is 1.34. The van der Waals surface area contributed by atoms with Crippen molar-refractivity contribution in [2.75, 3.05) is 17.2 Å². The van der Waals surface area contributed by atoms with Gasteiger partial charge in [-0.2, -0.15) is 0 Å². The molecule has 1 aliphatic heterocycles. The van der Waals surface area contributed by atoms with Crippen molar-refractivity contribution >= 4 is 29.1 Å². The first kappa shape index (κ1) is 15.9. The van der Waals surface area contributed by atoms with Gasteiger partial charge in [0.2, 0.25) is 11.7 Å². The SMILES string of the molecule is CCc1cc(=O)[nH]c2nnc(SCC(=O)N3CCc4ccccc43)n12. The molecule has 1 N–H and O–H groups in total. The summed E-state index contributed by atoms with van der Waals surface area (Å²) in [6.45, 7) is 2.68. The van der Waals surface area contributed by atoms with E-state index < -0.39 is 0 Å². The summed E-state index contributed by atoms with van der Waals surface area (Å²) in [5, 5.41) is 8.75. The minimum atomic E-state index is -0.196. The number of para-hydroxylation sites is 1. The molecule has 0 saturated carbocycles. The van der Waals surface area contributed by atoms with Crippen molar-refractivity contribution in [3.63, 3.8) is 0 Å². The predicted molar refractivity (Wildman–Crippen MR) is 96.2 cm³/mol. The van der Waals surface area contributed by atoms with Crippen LogP contribution in [0.1, 0.15) is 18.2 Å². The summed E-state index contributed by atoms with van der Waals surface area (Å²) in [5.74, 6) is 0.734. The number of thioether (sulfide) groups is 1. The summed E-state index contributed by atoms with van der Waals surface area (Å²) < 4.78 is 1.80. The van der Waals surface area contributed by atoms with Crippen LogP contribution in [-0.4, -0.2) is 37.8 Å². The van der Waals surface area contributed by atoms with Crippen LogP contribution in [0.3, 0.4) is 0 Å². The summed E-state index contributed by atoms with van der Waals surface area (Å²) in [7, 11) is 0. The number of anilines is 1. The van der Waals surface area contributed by atoms with Gasteiger partial charge < -0.3 is 4.90 Å². The van der Waals surface area contributed by atoms with Crippen LogP contribution >= 0.6 is 11.8 Å². The van der Waals surface area contributed by atoms with E-state index in [1.165, 1.54) is 17.3 Å². The third-order valence-corrected chi connectivity index (χ3v) is 5.24. The normalized spacial score (nSPS) is 13.4. The maximum Gasteiger partial charge on any atom is 0.252 e. The Hall–Kier alpha value is -2.61. The molecule has 8 heteroatoms. The molecule has 0 bridgehead atoms. The first-order chi connectivity index (χ1) is 12.2. The highest BCUT2D eigenvalue weighted by atomic mass is 32.2. The Morgan fingerprint density at radius 2 is 2.16 bits per heavy atom. The molecule has 0 spiro atoms. The van der Waals surface area contributed by atoms with E-state index >= 15 is 0 Å². The number of carbonyl (C=O) groups excluding carboxylic acids is 1. The fourth-order valence-electron chi connectivity index (χ4n) is 3.13. The van der Waals surface area contributed by atoms with Crippen molar-refractivity contribution in [1.82, 2.24) is 19.6 Å². The lowest BCUT2D eigenvalue weighted by Crippen LogP contribution is -2.30. The van der Waals surface area contributed by atoms with Crippen molar-refractivity contribution in [2.24, 2.45) is 0 Å². The average molecular weight is 355 g/mol. The van der Waals surface area contributed by atoms with Crippen LogP contribution < -0.4 is 10.5 Å². The van der Waals surface area contributed by atoms with Gasteiger partial charge in [-0.1, -0.05) is 36.9 Å². The minimum Gasteiger partial charge on any atom is -0.311 e. The number of amides is 1. The molecule has 128 valence electrons. The topological polar surface area (TPSA) is 83.4 Å². The molecule has 4 rings (SSSR count). The van der Waals surface area contributed by atoms with Crippen LogP contribution in [-0.2, 0) is 17.6 Å². The van der Waals surface area contributed by atoms with Crippen molar-refractivity contribution < 1.29 is 4.79 Å². The Kier molecular flexibility index (Phi) is 4.04. The number of nitrogens with zero attached hydrogens (tertiary/aromatic N) is 4. The average Bonchev–Trinajstić information content (AvgIpc) is 3.23. The summed E-state index contributed by atoms with van der Waals surface area (Å²) in [4.78, 5) is 28.8. The Morgan fingerprint density at radius 1 is 1.32 bits per heavy atom. The minimum absolute atomic E-state index is 0.0502. The number of aryl methyl sites for hydroxylation is 1. The summed E-state index contributed by atoms with van der Waals surface area (Å²) in [5.41, 5.74) is 2.83. The second-order valence-corrected chi connectivity index (χ2v) is 6.78. The number of hydrogen-bond donors (Lipinski definition) is 1. The van der Waals surface area contributed by atoms with E-state index in [-0.39, 0.29) is 17.2 Å². The van der Waals surface area contributed by atoms with Crippen LogP contribution in [0, 0.1) is 0 Å². The maximum atomic E-state index is 12.6. The van der Waals surface area contributed by atoms with Gasteiger partial charge in [-0.15, -0.1) is 10.2 Å². The molecule has 25 heavy (non-hydrogen) atoms. The number of fused-ring (bicyclic) bond motifs is 2. The van der Waals surface area contributed by atoms with Gasteiger partial charge in [-0.25, -0.2) is 0 Å². The third-order valence-electron chi connectivity index (χ3n) is 4.33. The van der Waals surface area contributed by atoms with E-state index in [4.69, 9.17) is 0 Å². The molecule has 1 amide bonds. The second-order valence-electron chi connectivity index (χ2n) is 5.83. The standard InChI is InChI=1S/C17H17N5O2S/c1-2-12-9-14(23)18-16-19-20-17(22(12)16)25-10-15(24)21-8-7-11-5-3-4-6-13(11)21/h3-6,9H,2,7-8,10H2,1H3,(H,18,19,23). The lowest BCUT2D eigenvalue weighted by molar-refractivity contribution is -0.116. The number of benzene rings is 1. The number of H-pyrrole nitrogens is 1. The fraction of sp³-hybridized carbons (Fsp3) is 0.294. The molecular formula is C17H17N5O2S. The van der Waals surface area contributed by atoms with Gasteiger partial charge in [-0.3, -0.25) is 19.0 Å². The summed E-state index contributed by atoms with van der Waals surface area (Å²) in [6, 6.07) is 9.53. The monoisotopic (exact) mass is 355 g/mol. The highest BCUT2D eigenvalue weighted by Crippen LogP contribution is 2.28. The zero-order chi connectivity index (χ0) is 17.4. The van der Waals surface area contributed by atoms with Crippen molar-refractivity contribution in [3.05, 3.63) is 51.9 Å². The zero-order valence-electron chi connectivity index (χ0n) is 13.7. The van der Waals surface area contributed by atoms with E-state index in [1.807, 2.05) is 30.0 Å². The van der Waals surface area contributed by atoms with Crippen LogP contribution in [0.2, 0.25) is 0 Å². The van der Waals surface area contributed by atoms with E-state index in [0.717, 1.165) is 17.8 Å². The molecule has 0 saturated heterocycles. The molecule has 0 fully saturated rings. The van der Waals surface area contributed by atoms with Gasteiger partial charge in [0, 0.05) is 24.0 Å². The van der Waals surface area contributed by atoms with E-state index in [9.17, 15) is 9.59 Å². The first-order valence-electron chi connectivity index (χ1n) is 8.15. The highest BCUT2D eigenvalue weighted by molar-refractivity contribution is 7.99. The highest BCUT2D eigenvalue weighted by Gasteiger charge is 2.24. The van der Waals surface area contributed by atoms with Gasteiger partial charge >= 0.3 is 0 Å². The van der Waals surface area contributed by atoms with Crippen molar-refractivity contribution in [1.29, 1.82) is 0 Å². The number of rotatable bonds is 4. The van der Waals surface area contributed by atoms with Crippen LogP contribution in [0.25, 0.3) is 5.78 Å². The molecule has 2 aromatic heterocycles. The van der Waals surface area contributed by atoms with Gasteiger partial charge in [-0.05, 0) is 24.5 Å². The Bertz CT molecular complexity index is 1010. The molecular weight excluding hydrogens is 338 g/mol. The Morgan fingerprint density at radius 3 is 3.00 bits per heavy atom. The Labute approximate surface area is 148 Å². The molecule has 0 atom stereocenters. The maximum absolute atomic E-state index is 12.6. The van der Waals surface area contributed by atoms with Crippen molar-refractivity contribution in [3.8, 4) is 0 Å². The molecule has 1 aromatic carbocycles. The molecule has 0 aliphatic carbocycles. The first-order valence-corrected chi connectivity index (χ1v) is 9.14. The number of aromatic amines is 1. The zero-order valence-corrected chi connectivity index (χ0v) is 14.5. The third kappa shape index (κ3) is 2.82. The van der Waals surface area contributed by atoms with E-state index in [0.29, 0.717) is 23.9 Å². The smallest absolute Gasteiger partial charge is 0.252 e. The molecule has 3 aromatic rings. The number of hydrogen-bond acceptors (Lipinski definition) is 5. The van der Waals surface area contributed by atoms with Gasteiger partial charge in [0.1, 0.15) is 0 Å². The molecule has 1 aliphatic rings. The van der Waals surface area contributed by atoms with Gasteiger partial charge in [0.25, 0.3) is 5.56 Å². The van der Waals surface area contributed by atoms with Gasteiger partial charge in [0.15, 0.2) is 5.16 Å². The lowest BCUT2D eigenvalue weighted by atomic mass is 10.2. The molecule has 0 unspecified atom stereocenters. The van der Waals surface area contributed by atoms with Gasteiger partial charge in [0.05, 0.1) is 5.75 Å². The van der Waals surface area contributed by atoms with Crippen LogP contribution in [0.5, 0.6) is 0 Å². The quantitative estimate of drug-likeness (QED) is 0.720. The van der Waals surface area contributed by atoms with E-state index in [1.54, 1.807) is 10.5 Å². The molecule has 0 radical (unpaired) electrons. The molecule has 3 heterocycles. The second kappa shape index (κ2) is 6.36. The number of carbonyl (C=O) groups is 1.